The van der Waals surface area contributed by atoms with Crippen LogP contribution in [0.15, 0.2) is 34.0 Å². The van der Waals surface area contributed by atoms with Crippen molar-refractivity contribution in [2.75, 3.05) is 5.32 Å². The van der Waals surface area contributed by atoms with E-state index in [1.807, 2.05) is 51.5 Å². The van der Waals surface area contributed by atoms with Gasteiger partial charge >= 0.3 is 6.03 Å². The maximum Gasteiger partial charge on any atom is 0.333 e. The fourth-order valence-corrected chi connectivity index (χ4v) is 3.84. The summed E-state index contributed by atoms with van der Waals surface area (Å²) in [5, 5.41) is 12.2. The van der Waals surface area contributed by atoms with Gasteiger partial charge in [0.15, 0.2) is 0 Å². The topological polar surface area (TPSA) is 109 Å². The molecule has 8 heteroatoms. The molecule has 1 aromatic carbocycles. The summed E-state index contributed by atoms with van der Waals surface area (Å²) >= 11 is 0. The van der Waals surface area contributed by atoms with Crippen molar-refractivity contribution in [3.63, 3.8) is 0 Å². The Morgan fingerprint density at radius 1 is 1.07 bits per heavy atom. The Labute approximate surface area is 172 Å². The van der Waals surface area contributed by atoms with E-state index in [9.17, 15) is 18.3 Å². The molecule has 3 N–H and O–H groups in total. The molecule has 0 aliphatic rings. The molecule has 0 unspecified atom stereocenters. The van der Waals surface area contributed by atoms with Crippen LogP contribution in [0.3, 0.4) is 0 Å². The number of carbonyl (C=O) groups excluding carboxylic acids is 1. The molecular formula is C21H30N2O5S. The highest BCUT2D eigenvalue weighted by Crippen LogP contribution is 2.34. The van der Waals surface area contributed by atoms with Gasteiger partial charge in [-0.25, -0.2) is 9.52 Å². The van der Waals surface area contributed by atoms with Crippen molar-refractivity contribution in [3.8, 4) is 0 Å². The number of benzene rings is 1. The van der Waals surface area contributed by atoms with Gasteiger partial charge in [0.2, 0.25) is 5.09 Å². The number of aliphatic hydroxyl groups is 1. The Bertz CT molecular complexity index is 969. The van der Waals surface area contributed by atoms with Gasteiger partial charge in [0, 0.05) is 17.3 Å². The molecule has 0 fully saturated rings. The van der Waals surface area contributed by atoms with Gasteiger partial charge in [-0.05, 0) is 43.7 Å². The molecule has 2 rings (SSSR count). The number of anilines is 1. The summed E-state index contributed by atoms with van der Waals surface area (Å²) in [5.41, 5.74) is 2.59. The number of rotatable bonds is 6. The van der Waals surface area contributed by atoms with E-state index in [-0.39, 0.29) is 11.8 Å². The summed E-state index contributed by atoms with van der Waals surface area (Å²) in [6.45, 7) is 13.1. The van der Waals surface area contributed by atoms with Crippen LogP contribution in [-0.2, 0) is 15.6 Å². The number of hydrogen-bond donors (Lipinski definition) is 3. The van der Waals surface area contributed by atoms with Crippen LogP contribution in [0.4, 0.5) is 10.5 Å². The van der Waals surface area contributed by atoms with Crippen molar-refractivity contribution in [3.05, 3.63) is 46.7 Å². The first-order valence-corrected chi connectivity index (χ1v) is 11.0. The molecule has 7 nitrogen and oxygen atoms in total. The van der Waals surface area contributed by atoms with Gasteiger partial charge in [-0.15, -0.1) is 0 Å². The normalized spacial score (nSPS) is 12.5. The van der Waals surface area contributed by atoms with Gasteiger partial charge < -0.3 is 14.8 Å². The van der Waals surface area contributed by atoms with Gasteiger partial charge in [0.05, 0.1) is 11.9 Å². The maximum absolute atomic E-state index is 12.5. The van der Waals surface area contributed by atoms with Gasteiger partial charge in [-0.3, -0.25) is 0 Å². The summed E-state index contributed by atoms with van der Waals surface area (Å²) in [4.78, 5) is 12.5. The zero-order valence-electron chi connectivity index (χ0n) is 18.0. The van der Waals surface area contributed by atoms with E-state index in [4.69, 9.17) is 4.42 Å². The highest BCUT2D eigenvalue weighted by molar-refractivity contribution is 7.89. The first-order valence-electron chi connectivity index (χ1n) is 9.52. The molecule has 1 heterocycles. The molecule has 0 aliphatic heterocycles. The summed E-state index contributed by atoms with van der Waals surface area (Å²) in [6, 6.07) is 4.30. The smallest absolute Gasteiger partial charge is 0.333 e. The lowest BCUT2D eigenvalue weighted by Gasteiger charge is -2.21. The van der Waals surface area contributed by atoms with Crippen molar-refractivity contribution in [1.29, 1.82) is 0 Å². The summed E-state index contributed by atoms with van der Waals surface area (Å²) in [5.74, 6) is 0.275. The van der Waals surface area contributed by atoms with Crippen LogP contribution >= 0.6 is 0 Å². The lowest BCUT2D eigenvalue weighted by atomic mass is 9.90. The van der Waals surface area contributed by atoms with Crippen molar-refractivity contribution in [2.24, 2.45) is 0 Å². The molecular weight excluding hydrogens is 392 g/mol. The van der Waals surface area contributed by atoms with Crippen LogP contribution in [-0.4, -0.2) is 19.6 Å². The number of nitrogens with one attached hydrogen (secondary N) is 2. The zero-order valence-corrected chi connectivity index (χ0v) is 18.8. The monoisotopic (exact) mass is 422 g/mol. The van der Waals surface area contributed by atoms with Gasteiger partial charge in [-0.2, -0.15) is 8.42 Å². The number of aryl methyl sites for hydroxylation is 1. The second kappa shape index (κ2) is 8.20. The van der Waals surface area contributed by atoms with E-state index in [1.165, 1.54) is 19.9 Å². The Morgan fingerprint density at radius 2 is 1.59 bits per heavy atom. The first-order chi connectivity index (χ1) is 13.2. The number of amides is 2. The fourth-order valence-electron chi connectivity index (χ4n) is 2.99. The van der Waals surface area contributed by atoms with Crippen LogP contribution in [0.25, 0.3) is 0 Å². The minimum absolute atomic E-state index is 0.138. The van der Waals surface area contributed by atoms with Gasteiger partial charge in [0.25, 0.3) is 10.0 Å². The molecule has 0 saturated carbocycles. The van der Waals surface area contributed by atoms with E-state index in [0.29, 0.717) is 11.3 Å². The number of furan rings is 1. The molecule has 0 atom stereocenters. The summed E-state index contributed by atoms with van der Waals surface area (Å²) in [7, 11) is -4.23. The standard InChI is InChI=1S/C21H30N2O5S/c1-12(2)16-8-14(5)9-17(13(3)4)19(16)22-20(24)23-29(26,27)18-10-15(11-28-18)21(6,7)25/h8-13,25H,1-7H3,(H2,22,23,24). The molecule has 29 heavy (non-hydrogen) atoms. The summed E-state index contributed by atoms with van der Waals surface area (Å²) < 4.78 is 32.1. The average molecular weight is 423 g/mol. The molecule has 0 aliphatic carbocycles. The highest BCUT2D eigenvalue weighted by Gasteiger charge is 2.27. The highest BCUT2D eigenvalue weighted by atomic mass is 32.2. The lowest BCUT2D eigenvalue weighted by molar-refractivity contribution is 0.0779. The molecule has 160 valence electrons. The van der Waals surface area contributed by atoms with E-state index in [1.54, 1.807) is 0 Å². The Kier molecular flexibility index (Phi) is 6.49. The van der Waals surface area contributed by atoms with E-state index < -0.39 is 26.7 Å². The second-order valence-corrected chi connectivity index (χ2v) is 10.0. The second-order valence-electron chi connectivity index (χ2n) is 8.40. The number of urea groups is 1. The predicted molar refractivity (Wildman–Crippen MR) is 113 cm³/mol. The Balaban J connectivity index is 2.32. The fraction of sp³-hybridized carbons (Fsp3) is 0.476. The third-order valence-corrected chi connectivity index (χ3v) is 5.80. The third-order valence-electron chi connectivity index (χ3n) is 4.60. The SMILES string of the molecule is Cc1cc(C(C)C)c(NC(=O)NS(=O)(=O)c2cc(C(C)(C)O)co2)c(C(C)C)c1. The van der Waals surface area contributed by atoms with Crippen LogP contribution in [0, 0.1) is 6.92 Å². The average Bonchev–Trinajstić information content (AvgIpc) is 3.06. The molecule has 0 saturated heterocycles. The van der Waals surface area contributed by atoms with Crippen molar-refractivity contribution >= 4 is 21.7 Å². The van der Waals surface area contributed by atoms with E-state index in [2.05, 4.69) is 5.32 Å². The van der Waals surface area contributed by atoms with Crippen molar-refractivity contribution < 1.29 is 22.7 Å². The number of hydrogen-bond acceptors (Lipinski definition) is 5. The number of carbonyl (C=O) groups is 1. The van der Waals surface area contributed by atoms with Crippen molar-refractivity contribution in [1.82, 2.24) is 4.72 Å². The number of sulfonamides is 1. The third kappa shape index (κ3) is 5.39. The largest absolute Gasteiger partial charge is 0.451 e. The Morgan fingerprint density at radius 3 is 2.00 bits per heavy atom. The maximum atomic E-state index is 12.5. The minimum Gasteiger partial charge on any atom is -0.451 e. The Hall–Kier alpha value is -2.32. The van der Waals surface area contributed by atoms with E-state index in [0.717, 1.165) is 23.0 Å². The van der Waals surface area contributed by atoms with Crippen LogP contribution < -0.4 is 10.0 Å². The molecule has 0 spiro atoms. The molecule has 0 bridgehead atoms. The molecule has 1 aromatic heterocycles. The van der Waals surface area contributed by atoms with Gasteiger partial charge in [-0.1, -0.05) is 45.4 Å². The molecule has 2 aromatic rings. The van der Waals surface area contributed by atoms with Gasteiger partial charge in [0.1, 0.15) is 0 Å². The predicted octanol–water partition coefficient (Wildman–Crippen LogP) is 4.57. The zero-order chi connectivity index (χ0) is 22.1. The quantitative estimate of drug-likeness (QED) is 0.632. The van der Waals surface area contributed by atoms with Crippen LogP contribution in [0.1, 0.15) is 75.6 Å². The van der Waals surface area contributed by atoms with E-state index >= 15 is 0 Å². The van der Waals surface area contributed by atoms with Crippen LogP contribution in [0.5, 0.6) is 0 Å². The lowest BCUT2D eigenvalue weighted by Crippen LogP contribution is -2.35. The molecule has 2 amide bonds. The minimum atomic E-state index is -4.23. The van der Waals surface area contributed by atoms with Crippen LogP contribution in [0.2, 0.25) is 0 Å². The first kappa shape index (κ1) is 23.0. The molecule has 0 radical (unpaired) electrons. The van der Waals surface area contributed by atoms with Crippen molar-refractivity contribution in [2.45, 2.75) is 71.0 Å². The summed E-state index contributed by atoms with van der Waals surface area (Å²) in [6.07, 6.45) is 1.15.